The number of hydrogen-bond acceptors (Lipinski definition) is 2. The number of para-hydroxylation sites is 1. The van der Waals surface area contributed by atoms with E-state index in [-0.39, 0.29) is 0 Å². The summed E-state index contributed by atoms with van der Waals surface area (Å²) >= 11 is 5.90. The fraction of sp³-hybridized carbons (Fsp3) is 0.455. The average molecular weight is 213 g/mol. The SMILES string of the molecule is CCC(C)CNc1cccc(Cl)c1N. The van der Waals surface area contributed by atoms with Gasteiger partial charge >= 0.3 is 0 Å². The van der Waals surface area contributed by atoms with Gasteiger partial charge in [0.2, 0.25) is 0 Å². The van der Waals surface area contributed by atoms with E-state index in [1.54, 1.807) is 6.07 Å². The summed E-state index contributed by atoms with van der Waals surface area (Å²) in [6, 6.07) is 5.65. The molecule has 2 nitrogen and oxygen atoms in total. The van der Waals surface area contributed by atoms with Crippen LogP contribution in [0.15, 0.2) is 18.2 Å². The average Bonchev–Trinajstić information content (AvgIpc) is 2.20. The Balaban J connectivity index is 2.63. The van der Waals surface area contributed by atoms with Crippen LogP contribution in [0.1, 0.15) is 20.3 Å². The zero-order chi connectivity index (χ0) is 10.6. The Morgan fingerprint density at radius 3 is 2.86 bits per heavy atom. The summed E-state index contributed by atoms with van der Waals surface area (Å²) in [5.74, 6) is 0.647. The van der Waals surface area contributed by atoms with Gasteiger partial charge in [-0.2, -0.15) is 0 Å². The molecular weight excluding hydrogens is 196 g/mol. The van der Waals surface area contributed by atoms with Gasteiger partial charge in [0.15, 0.2) is 0 Å². The monoisotopic (exact) mass is 212 g/mol. The lowest BCUT2D eigenvalue weighted by Gasteiger charge is -2.13. The van der Waals surface area contributed by atoms with E-state index in [1.165, 1.54) is 0 Å². The molecule has 1 rings (SSSR count). The molecule has 78 valence electrons. The van der Waals surface area contributed by atoms with E-state index in [2.05, 4.69) is 19.2 Å². The molecule has 0 aromatic heterocycles. The first kappa shape index (κ1) is 11.2. The van der Waals surface area contributed by atoms with Gasteiger partial charge in [0.05, 0.1) is 16.4 Å². The first-order valence-corrected chi connectivity index (χ1v) is 5.30. The highest BCUT2D eigenvalue weighted by Gasteiger charge is 2.03. The smallest absolute Gasteiger partial charge is 0.0739 e. The summed E-state index contributed by atoms with van der Waals surface area (Å²) in [5.41, 5.74) is 7.38. The molecule has 1 unspecified atom stereocenters. The van der Waals surface area contributed by atoms with E-state index in [4.69, 9.17) is 17.3 Å². The van der Waals surface area contributed by atoms with Crippen molar-refractivity contribution in [3.63, 3.8) is 0 Å². The van der Waals surface area contributed by atoms with Gasteiger partial charge in [-0.15, -0.1) is 0 Å². The van der Waals surface area contributed by atoms with Gasteiger partial charge in [-0.1, -0.05) is 37.9 Å². The summed E-state index contributed by atoms with van der Waals surface area (Å²) in [7, 11) is 0. The second kappa shape index (κ2) is 5.11. The van der Waals surface area contributed by atoms with E-state index < -0.39 is 0 Å². The minimum absolute atomic E-state index is 0.610. The molecule has 14 heavy (non-hydrogen) atoms. The van der Waals surface area contributed by atoms with Crippen molar-refractivity contribution in [3.8, 4) is 0 Å². The third-order valence-corrected chi connectivity index (χ3v) is 2.72. The Bertz CT molecular complexity index is 299. The number of anilines is 2. The molecule has 0 saturated carbocycles. The van der Waals surface area contributed by atoms with Crippen molar-refractivity contribution in [1.82, 2.24) is 0 Å². The van der Waals surface area contributed by atoms with Crippen LogP contribution in [0.2, 0.25) is 5.02 Å². The van der Waals surface area contributed by atoms with Crippen molar-refractivity contribution >= 4 is 23.0 Å². The highest BCUT2D eigenvalue weighted by Crippen LogP contribution is 2.26. The Morgan fingerprint density at radius 1 is 1.50 bits per heavy atom. The molecule has 3 N–H and O–H groups in total. The van der Waals surface area contributed by atoms with Crippen LogP contribution in [0.5, 0.6) is 0 Å². The number of nitrogen functional groups attached to an aromatic ring is 1. The Kier molecular flexibility index (Phi) is 4.08. The molecule has 0 saturated heterocycles. The number of nitrogens with two attached hydrogens (primary N) is 1. The summed E-state index contributed by atoms with van der Waals surface area (Å²) in [5, 5.41) is 3.91. The first-order chi connectivity index (χ1) is 6.65. The molecule has 0 amide bonds. The molecular formula is C11H17ClN2. The van der Waals surface area contributed by atoms with Gasteiger partial charge in [0.1, 0.15) is 0 Å². The van der Waals surface area contributed by atoms with E-state index in [0.717, 1.165) is 18.7 Å². The van der Waals surface area contributed by atoms with E-state index in [9.17, 15) is 0 Å². The number of halogens is 1. The van der Waals surface area contributed by atoms with Crippen molar-refractivity contribution < 1.29 is 0 Å². The van der Waals surface area contributed by atoms with Crippen molar-refractivity contribution in [2.75, 3.05) is 17.6 Å². The topological polar surface area (TPSA) is 38.0 Å². The van der Waals surface area contributed by atoms with Gasteiger partial charge in [-0.3, -0.25) is 0 Å². The molecule has 3 heteroatoms. The maximum atomic E-state index is 5.90. The highest BCUT2D eigenvalue weighted by molar-refractivity contribution is 6.33. The van der Waals surface area contributed by atoms with Crippen LogP contribution in [0.4, 0.5) is 11.4 Å². The zero-order valence-corrected chi connectivity index (χ0v) is 9.43. The fourth-order valence-electron chi connectivity index (χ4n) is 1.12. The van der Waals surface area contributed by atoms with Crippen LogP contribution in [0, 0.1) is 5.92 Å². The largest absolute Gasteiger partial charge is 0.396 e. The molecule has 0 aliphatic heterocycles. The maximum Gasteiger partial charge on any atom is 0.0739 e. The van der Waals surface area contributed by atoms with Crippen molar-refractivity contribution in [3.05, 3.63) is 23.2 Å². The van der Waals surface area contributed by atoms with Crippen molar-refractivity contribution in [1.29, 1.82) is 0 Å². The van der Waals surface area contributed by atoms with Gasteiger partial charge < -0.3 is 11.1 Å². The molecule has 0 fully saturated rings. The van der Waals surface area contributed by atoms with Crippen LogP contribution >= 0.6 is 11.6 Å². The van der Waals surface area contributed by atoms with Crippen LogP contribution in [0.3, 0.4) is 0 Å². The van der Waals surface area contributed by atoms with Crippen LogP contribution in [-0.4, -0.2) is 6.54 Å². The summed E-state index contributed by atoms with van der Waals surface area (Å²) in [4.78, 5) is 0. The molecule has 0 aliphatic rings. The zero-order valence-electron chi connectivity index (χ0n) is 8.68. The summed E-state index contributed by atoms with van der Waals surface area (Å²) in [6.07, 6.45) is 1.16. The molecule has 1 atom stereocenters. The minimum atomic E-state index is 0.610. The lowest BCUT2D eigenvalue weighted by molar-refractivity contribution is 0.593. The van der Waals surface area contributed by atoms with Gasteiger partial charge in [-0.25, -0.2) is 0 Å². The summed E-state index contributed by atoms with van der Waals surface area (Å²) in [6.45, 7) is 5.31. The lowest BCUT2D eigenvalue weighted by atomic mass is 10.1. The number of rotatable bonds is 4. The van der Waals surface area contributed by atoms with Crippen molar-refractivity contribution in [2.45, 2.75) is 20.3 Å². The Hall–Kier alpha value is -0.890. The van der Waals surface area contributed by atoms with Gasteiger partial charge in [-0.05, 0) is 18.1 Å². The van der Waals surface area contributed by atoms with E-state index in [1.807, 2.05) is 12.1 Å². The lowest BCUT2D eigenvalue weighted by Crippen LogP contribution is -2.11. The van der Waals surface area contributed by atoms with Gasteiger partial charge in [0.25, 0.3) is 0 Å². The Morgan fingerprint density at radius 2 is 2.21 bits per heavy atom. The van der Waals surface area contributed by atoms with Crippen LogP contribution < -0.4 is 11.1 Å². The molecule has 0 heterocycles. The van der Waals surface area contributed by atoms with Crippen molar-refractivity contribution in [2.24, 2.45) is 5.92 Å². The second-order valence-electron chi connectivity index (χ2n) is 3.60. The van der Waals surface area contributed by atoms with E-state index in [0.29, 0.717) is 16.6 Å². The molecule has 1 aromatic carbocycles. The molecule has 0 radical (unpaired) electrons. The standard InChI is InChI=1S/C11H17ClN2/c1-3-8(2)7-14-10-6-4-5-9(12)11(10)13/h4-6,8,14H,3,7,13H2,1-2H3. The maximum absolute atomic E-state index is 5.90. The molecule has 0 spiro atoms. The summed E-state index contributed by atoms with van der Waals surface area (Å²) < 4.78 is 0. The number of benzene rings is 1. The fourth-order valence-corrected chi connectivity index (χ4v) is 1.29. The van der Waals surface area contributed by atoms with E-state index >= 15 is 0 Å². The predicted octanol–water partition coefficient (Wildman–Crippen LogP) is 3.38. The quantitative estimate of drug-likeness (QED) is 0.751. The third-order valence-electron chi connectivity index (χ3n) is 2.39. The number of nitrogens with one attached hydrogen (secondary N) is 1. The Labute approximate surface area is 90.4 Å². The second-order valence-corrected chi connectivity index (χ2v) is 4.00. The molecule has 0 bridgehead atoms. The number of hydrogen-bond donors (Lipinski definition) is 2. The van der Waals surface area contributed by atoms with Crippen LogP contribution in [0.25, 0.3) is 0 Å². The minimum Gasteiger partial charge on any atom is -0.396 e. The third kappa shape index (κ3) is 2.81. The van der Waals surface area contributed by atoms with Crippen LogP contribution in [-0.2, 0) is 0 Å². The normalized spacial score (nSPS) is 12.5. The highest BCUT2D eigenvalue weighted by atomic mass is 35.5. The first-order valence-electron chi connectivity index (χ1n) is 4.93. The van der Waals surface area contributed by atoms with Gasteiger partial charge in [0, 0.05) is 6.54 Å². The molecule has 0 aliphatic carbocycles. The predicted molar refractivity (Wildman–Crippen MR) is 63.8 cm³/mol. The molecule has 1 aromatic rings.